The molecule has 1 saturated heterocycles. The van der Waals surface area contributed by atoms with Gasteiger partial charge in [0.25, 0.3) is 0 Å². The first-order valence-corrected chi connectivity index (χ1v) is 7.06. The molecular weight excluding hydrogens is 244 g/mol. The summed E-state index contributed by atoms with van der Waals surface area (Å²) in [5.74, 6) is -1.10. The van der Waals surface area contributed by atoms with Crippen LogP contribution in [0.15, 0.2) is 0 Å². The number of hydrogen-bond donors (Lipinski definition) is 2. The van der Waals surface area contributed by atoms with Crippen molar-refractivity contribution in [2.45, 2.75) is 46.0 Å². The first-order chi connectivity index (χ1) is 8.85. The monoisotopic (exact) mass is 270 g/mol. The fraction of sp³-hybridized carbons (Fsp3) is 0.857. The summed E-state index contributed by atoms with van der Waals surface area (Å²) in [6.45, 7) is 5.92. The van der Waals surface area contributed by atoms with Crippen molar-refractivity contribution in [3.63, 3.8) is 0 Å². The molecule has 0 aromatic heterocycles. The molecule has 1 rings (SSSR count). The molecule has 0 radical (unpaired) electrons. The minimum atomic E-state index is -0.791. The Hall–Kier alpha value is -1.10. The average Bonchev–Trinajstić information content (AvgIpc) is 2.36. The molecule has 3 N–H and O–H groups in total. The van der Waals surface area contributed by atoms with E-state index < -0.39 is 11.9 Å². The molecule has 1 fully saturated rings. The molecule has 0 aromatic rings. The molecule has 0 aliphatic carbocycles. The van der Waals surface area contributed by atoms with Gasteiger partial charge in [0.05, 0.1) is 5.92 Å². The number of likely N-dealkylation sites (tertiary alicyclic amines) is 1. The van der Waals surface area contributed by atoms with Crippen molar-refractivity contribution in [2.24, 2.45) is 17.1 Å². The number of carboxylic acids is 1. The van der Waals surface area contributed by atoms with Gasteiger partial charge in [0, 0.05) is 19.5 Å². The van der Waals surface area contributed by atoms with Gasteiger partial charge in [0.15, 0.2) is 0 Å². The van der Waals surface area contributed by atoms with Crippen LogP contribution in [-0.4, -0.2) is 41.5 Å². The van der Waals surface area contributed by atoms with Gasteiger partial charge in [0.2, 0.25) is 5.91 Å². The second-order valence-electron chi connectivity index (χ2n) is 6.22. The molecule has 5 nitrogen and oxygen atoms in total. The van der Waals surface area contributed by atoms with Crippen LogP contribution in [0.3, 0.4) is 0 Å². The van der Waals surface area contributed by atoms with Gasteiger partial charge in [-0.05, 0) is 37.6 Å². The molecule has 1 amide bonds. The summed E-state index contributed by atoms with van der Waals surface area (Å²) in [7, 11) is 0. The highest BCUT2D eigenvalue weighted by molar-refractivity contribution is 5.78. The molecule has 0 unspecified atom stereocenters. The molecule has 110 valence electrons. The van der Waals surface area contributed by atoms with Gasteiger partial charge in [-0.25, -0.2) is 0 Å². The molecule has 1 heterocycles. The number of carbonyl (C=O) groups excluding carboxylic acids is 1. The molecule has 1 atom stereocenters. The number of piperidine rings is 1. The maximum Gasteiger partial charge on any atom is 0.308 e. The van der Waals surface area contributed by atoms with E-state index in [1.807, 2.05) is 0 Å². The van der Waals surface area contributed by atoms with E-state index in [9.17, 15) is 9.59 Å². The number of nitrogens with zero attached hydrogens (tertiary/aromatic N) is 1. The number of carboxylic acid groups (broad SMARTS) is 1. The zero-order valence-corrected chi connectivity index (χ0v) is 12.0. The lowest BCUT2D eigenvalue weighted by Gasteiger charge is -2.32. The topological polar surface area (TPSA) is 83.6 Å². The number of nitrogens with two attached hydrogens (primary N) is 1. The minimum absolute atomic E-state index is 0.0758. The number of rotatable bonds is 6. The van der Waals surface area contributed by atoms with Crippen molar-refractivity contribution >= 4 is 11.9 Å². The van der Waals surface area contributed by atoms with Crippen LogP contribution in [0.1, 0.15) is 46.0 Å². The van der Waals surface area contributed by atoms with Crippen LogP contribution in [0.4, 0.5) is 0 Å². The van der Waals surface area contributed by atoms with Crippen LogP contribution in [0, 0.1) is 11.3 Å². The number of carbonyl (C=O) groups is 2. The van der Waals surface area contributed by atoms with E-state index in [0.29, 0.717) is 32.5 Å². The van der Waals surface area contributed by atoms with Gasteiger partial charge in [-0.1, -0.05) is 13.8 Å². The molecule has 0 spiro atoms. The van der Waals surface area contributed by atoms with Crippen LogP contribution in [0.25, 0.3) is 0 Å². The first kappa shape index (κ1) is 16.0. The van der Waals surface area contributed by atoms with E-state index in [1.54, 1.807) is 4.90 Å². The van der Waals surface area contributed by atoms with Crippen molar-refractivity contribution in [1.82, 2.24) is 4.90 Å². The molecule has 19 heavy (non-hydrogen) atoms. The third-order valence-corrected chi connectivity index (χ3v) is 3.96. The number of amides is 1. The van der Waals surface area contributed by atoms with Gasteiger partial charge in [0.1, 0.15) is 0 Å². The summed E-state index contributed by atoms with van der Waals surface area (Å²) in [4.78, 5) is 24.8. The van der Waals surface area contributed by atoms with Crippen LogP contribution in [0.2, 0.25) is 0 Å². The lowest BCUT2D eigenvalue weighted by atomic mass is 9.84. The Balaban J connectivity index is 2.43. The third-order valence-electron chi connectivity index (χ3n) is 3.96. The summed E-state index contributed by atoms with van der Waals surface area (Å²) in [5.41, 5.74) is 5.63. The van der Waals surface area contributed by atoms with Crippen molar-refractivity contribution in [3.8, 4) is 0 Å². The molecule has 1 aliphatic heterocycles. The summed E-state index contributed by atoms with van der Waals surface area (Å²) in [6.07, 6.45) is 3.65. The van der Waals surface area contributed by atoms with Crippen molar-refractivity contribution < 1.29 is 14.7 Å². The average molecular weight is 270 g/mol. The zero-order chi connectivity index (χ0) is 14.5. The Morgan fingerprint density at radius 2 is 2.05 bits per heavy atom. The van der Waals surface area contributed by atoms with E-state index >= 15 is 0 Å². The van der Waals surface area contributed by atoms with Gasteiger partial charge < -0.3 is 15.7 Å². The van der Waals surface area contributed by atoms with Gasteiger partial charge in [-0.3, -0.25) is 9.59 Å². The largest absolute Gasteiger partial charge is 0.481 e. The second kappa shape index (κ2) is 6.89. The number of hydrogen-bond acceptors (Lipinski definition) is 3. The quantitative estimate of drug-likeness (QED) is 0.765. The van der Waals surface area contributed by atoms with Crippen LogP contribution in [-0.2, 0) is 9.59 Å². The van der Waals surface area contributed by atoms with Crippen LogP contribution < -0.4 is 5.73 Å². The standard InChI is InChI=1S/C14H26N2O3/c1-14(2,7-8-15)6-5-12(17)16-9-3-4-11(10-16)13(18)19/h11H,3-10,15H2,1-2H3,(H,18,19)/t11-/m0/s1. The minimum Gasteiger partial charge on any atom is -0.481 e. The smallest absolute Gasteiger partial charge is 0.308 e. The molecular formula is C14H26N2O3. The third kappa shape index (κ3) is 5.19. The maximum absolute atomic E-state index is 12.1. The maximum atomic E-state index is 12.1. The van der Waals surface area contributed by atoms with Crippen molar-refractivity contribution in [2.75, 3.05) is 19.6 Å². The van der Waals surface area contributed by atoms with Gasteiger partial charge in [-0.15, -0.1) is 0 Å². The summed E-state index contributed by atoms with van der Waals surface area (Å²) in [6, 6.07) is 0. The van der Waals surface area contributed by atoms with E-state index in [-0.39, 0.29) is 11.3 Å². The predicted octanol–water partition coefficient (Wildman–Crippen LogP) is 1.46. The van der Waals surface area contributed by atoms with E-state index in [1.165, 1.54) is 0 Å². The molecule has 0 saturated carbocycles. The molecule has 1 aliphatic rings. The Morgan fingerprint density at radius 3 is 2.63 bits per heavy atom. The zero-order valence-electron chi connectivity index (χ0n) is 12.0. The highest BCUT2D eigenvalue weighted by Gasteiger charge is 2.28. The lowest BCUT2D eigenvalue weighted by Crippen LogP contribution is -2.42. The predicted molar refractivity (Wildman–Crippen MR) is 73.6 cm³/mol. The van der Waals surface area contributed by atoms with E-state index in [2.05, 4.69) is 13.8 Å². The molecule has 0 aromatic carbocycles. The normalized spacial score (nSPS) is 20.4. The van der Waals surface area contributed by atoms with Crippen molar-refractivity contribution in [3.05, 3.63) is 0 Å². The summed E-state index contributed by atoms with van der Waals surface area (Å²) < 4.78 is 0. The molecule has 5 heteroatoms. The lowest BCUT2D eigenvalue weighted by molar-refractivity contribution is -0.145. The van der Waals surface area contributed by atoms with Crippen molar-refractivity contribution in [1.29, 1.82) is 0 Å². The summed E-state index contributed by atoms with van der Waals surface area (Å²) >= 11 is 0. The Kier molecular flexibility index (Phi) is 5.79. The first-order valence-electron chi connectivity index (χ1n) is 7.06. The number of aliphatic carboxylic acids is 1. The Bertz CT molecular complexity index is 329. The fourth-order valence-electron chi connectivity index (χ4n) is 2.52. The second-order valence-corrected chi connectivity index (χ2v) is 6.22. The highest BCUT2D eigenvalue weighted by Crippen LogP contribution is 2.27. The van der Waals surface area contributed by atoms with Gasteiger partial charge >= 0.3 is 5.97 Å². The van der Waals surface area contributed by atoms with E-state index in [0.717, 1.165) is 19.3 Å². The highest BCUT2D eigenvalue weighted by atomic mass is 16.4. The van der Waals surface area contributed by atoms with E-state index in [4.69, 9.17) is 10.8 Å². The SMILES string of the molecule is CC(C)(CCN)CCC(=O)N1CCC[C@H](C(=O)O)C1. The van der Waals surface area contributed by atoms with Gasteiger partial charge in [-0.2, -0.15) is 0 Å². The fourth-order valence-corrected chi connectivity index (χ4v) is 2.52. The Morgan fingerprint density at radius 1 is 1.37 bits per heavy atom. The molecule has 0 bridgehead atoms. The van der Waals surface area contributed by atoms with Crippen LogP contribution >= 0.6 is 0 Å². The summed E-state index contributed by atoms with van der Waals surface area (Å²) in [5, 5.41) is 9.02. The Labute approximate surface area is 115 Å². The van der Waals surface area contributed by atoms with Crippen LogP contribution in [0.5, 0.6) is 0 Å².